The third-order valence-corrected chi connectivity index (χ3v) is 0. The minimum atomic E-state index is -1.25. The zero-order valence-electron chi connectivity index (χ0n) is 2.43. The maximum atomic E-state index is 8.38. The Labute approximate surface area is 48.9 Å². The molecule has 0 saturated heterocycles. The average molecular weight is 178 g/mol. The van der Waals surface area contributed by atoms with Crippen molar-refractivity contribution >= 4 is 0 Å². The van der Waals surface area contributed by atoms with Crippen molar-refractivity contribution in [2.75, 3.05) is 0 Å². The summed E-state index contributed by atoms with van der Waals surface area (Å²) in [4.78, 5) is 0. The molecule has 0 amide bonds. The van der Waals surface area contributed by atoms with Crippen LogP contribution in [0.4, 0.5) is 0 Å². The van der Waals surface area contributed by atoms with Crippen LogP contribution in [-0.2, 0) is 38.8 Å². The molecule has 0 bridgehead atoms. The van der Waals surface area contributed by atoms with Crippen LogP contribution in [0, 0.1) is 0 Å². The molecule has 4 nitrogen and oxygen atoms in total. The predicted octanol–water partition coefficient (Wildman–Crippen LogP) is -2.26. The first-order valence-corrected chi connectivity index (χ1v) is 1.79. The summed E-state index contributed by atoms with van der Waals surface area (Å²) in [6, 6.07) is 0. The molecule has 0 aliphatic heterocycles. The van der Waals surface area contributed by atoms with Gasteiger partial charge in [0.25, 0.3) is 0 Å². The fraction of sp³-hybridized carbons (Fsp3) is 0. The molecule has 6 heteroatoms. The Morgan fingerprint density at radius 3 is 1.50 bits per heavy atom. The number of hydrogen-bond donors (Lipinski definition) is 0. The topological polar surface area (TPSA) is 88.7 Å². The molecule has 0 saturated carbocycles. The first-order chi connectivity index (χ1) is 2.41. The van der Waals surface area contributed by atoms with Gasteiger partial charge in [0.15, 0.2) is 0 Å². The van der Waals surface area contributed by atoms with Crippen LogP contribution in [0.15, 0.2) is 0 Å². The Morgan fingerprint density at radius 1 is 1.50 bits per heavy atom. The molecule has 0 aromatic carbocycles. The van der Waals surface area contributed by atoms with Crippen LogP contribution in [0.2, 0.25) is 0 Å². The van der Waals surface area contributed by atoms with E-state index < -0.39 is 15.2 Å². The van der Waals surface area contributed by atoms with E-state index in [4.69, 9.17) is 11.9 Å². The molecular formula is H2Fe2O4. The zero-order chi connectivity index (χ0) is 4.71. The SMILES string of the molecule is O.[O]=[Fe+].[O]=[Fe][O-]. The molecule has 0 heterocycles. The van der Waals surface area contributed by atoms with Gasteiger partial charge < -0.3 is 5.48 Å². The first-order valence-electron chi connectivity index (χ1n) is 0.433. The molecule has 6 heavy (non-hydrogen) atoms. The Morgan fingerprint density at radius 2 is 1.50 bits per heavy atom. The average Bonchev–Trinajstić information content (AvgIpc) is 1.46. The molecule has 0 rings (SSSR count). The van der Waals surface area contributed by atoms with Crippen molar-refractivity contribution in [2.24, 2.45) is 0 Å². The van der Waals surface area contributed by atoms with E-state index in [2.05, 4.69) is 0 Å². The van der Waals surface area contributed by atoms with Gasteiger partial charge in [0.05, 0.1) is 0 Å². The quantitative estimate of drug-likeness (QED) is 0.392. The van der Waals surface area contributed by atoms with Crippen molar-refractivity contribution in [1.82, 2.24) is 0 Å². The molecule has 0 fully saturated rings. The van der Waals surface area contributed by atoms with Crippen molar-refractivity contribution in [3.63, 3.8) is 0 Å². The maximum absolute atomic E-state index is 8.38. The van der Waals surface area contributed by atoms with E-state index in [0.29, 0.717) is 0 Å². The van der Waals surface area contributed by atoms with Gasteiger partial charge >= 0.3 is 43.0 Å². The molecule has 0 aliphatic carbocycles. The van der Waals surface area contributed by atoms with Gasteiger partial charge in [-0.25, -0.2) is 0 Å². The Kier molecular flexibility index (Phi) is 127. The van der Waals surface area contributed by atoms with Crippen LogP contribution in [0.1, 0.15) is 0 Å². The van der Waals surface area contributed by atoms with Crippen molar-refractivity contribution in [2.45, 2.75) is 0 Å². The van der Waals surface area contributed by atoms with Crippen LogP contribution >= 0.6 is 0 Å². The molecule has 0 radical (unpaired) electrons. The van der Waals surface area contributed by atoms with Gasteiger partial charge in [0.2, 0.25) is 0 Å². The van der Waals surface area contributed by atoms with Gasteiger partial charge in [-0.05, 0) is 0 Å². The Hall–Kier alpha value is 0.559. The normalized spacial score (nSPS) is 3.50. The van der Waals surface area contributed by atoms with E-state index >= 15 is 0 Å². The summed E-state index contributed by atoms with van der Waals surface area (Å²) in [5.74, 6) is 0. The van der Waals surface area contributed by atoms with Gasteiger partial charge in [0.1, 0.15) is 0 Å². The molecule has 0 spiro atoms. The van der Waals surface area contributed by atoms with Crippen molar-refractivity contribution < 1.29 is 48.5 Å². The molecule has 0 aromatic rings. The molecule has 42 valence electrons. The van der Waals surface area contributed by atoms with Gasteiger partial charge in [-0.3, -0.25) is 0 Å². The fourth-order valence-electron chi connectivity index (χ4n) is 0. The third-order valence-electron chi connectivity index (χ3n) is 0. The fourth-order valence-corrected chi connectivity index (χ4v) is 0. The van der Waals surface area contributed by atoms with E-state index in [0.717, 1.165) is 0 Å². The van der Waals surface area contributed by atoms with Crippen LogP contribution in [0.3, 0.4) is 0 Å². The number of rotatable bonds is 0. The molecule has 0 aliphatic rings. The van der Waals surface area contributed by atoms with Gasteiger partial charge in [-0.2, -0.15) is 0 Å². The van der Waals surface area contributed by atoms with Crippen molar-refractivity contribution in [1.29, 1.82) is 0 Å². The van der Waals surface area contributed by atoms with E-state index in [1.165, 1.54) is 0 Å². The Balaban J connectivity index is -0.0000000275. The van der Waals surface area contributed by atoms with E-state index in [1.54, 1.807) is 0 Å². The summed E-state index contributed by atoms with van der Waals surface area (Å²) in [7, 11) is 0. The first kappa shape index (κ1) is 16.0. The van der Waals surface area contributed by atoms with Gasteiger partial charge in [-0.1, -0.05) is 0 Å². The third kappa shape index (κ3) is 185. The monoisotopic (exact) mass is 178 g/mol. The van der Waals surface area contributed by atoms with Gasteiger partial charge in [-0.15, -0.1) is 0 Å². The molecule has 0 aromatic heterocycles. The van der Waals surface area contributed by atoms with E-state index in [1.807, 2.05) is 15.9 Å². The van der Waals surface area contributed by atoms with E-state index in [-0.39, 0.29) is 5.48 Å². The zero-order valence-corrected chi connectivity index (χ0v) is 4.64. The van der Waals surface area contributed by atoms with Crippen molar-refractivity contribution in [3.8, 4) is 0 Å². The summed E-state index contributed by atoms with van der Waals surface area (Å²) in [6.45, 7) is 0. The second kappa shape index (κ2) is 47.5. The summed E-state index contributed by atoms with van der Waals surface area (Å²) in [5.41, 5.74) is 0. The van der Waals surface area contributed by atoms with Crippen molar-refractivity contribution in [3.05, 3.63) is 0 Å². The summed E-state index contributed by atoms with van der Waals surface area (Å²) in [5, 5.41) is 0. The summed E-state index contributed by atoms with van der Waals surface area (Å²) >= 11 is 0.750. The molecular weight excluding hydrogens is 176 g/mol. The second-order valence-electron chi connectivity index (χ2n) is 0.0589. The van der Waals surface area contributed by atoms with Crippen LogP contribution in [0.25, 0.3) is 0 Å². The Bertz CT molecular complexity index is 19.5. The second-order valence-corrected chi connectivity index (χ2v) is 0.243. The van der Waals surface area contributed by atoms with Crippen LogP contribution in [-0.4, -0.2) is 5.48 Å². The predicted molar refractivity (Wildman–Crippen MR) is 4.99 cm³/mol. The number of hydrogen-bond acceptors (Lipinski definition) is 3. The van der Waals surface area contributed by atoms with E-state index in [9.17, 15) is 0 Å². The molecule has 2 N–H and O–H groups in total. The molecule has 0 atom stereocenters. The minimum absolute atomic E-state index is 0. The summed E-state index contributed by atoms with van der Waals surface area (Å²) < 4.78 is 24.8. The van der Waals surface area contributed by atoms with Gasteiger partial charge in [0, 0.05) is 0 Å². The van der Waals surface area contributed by atoms with Crippen LogP contribution < -0.4 is 4.19 Å². The summed E-state index contributed by atoms with van der Waals surface area (Å²) in [6.07, 6.45) is 0. The standard InChI is InChI=1S/2Fe.H2O.3O/h;;1H2;;;/q;+1;;;;-1. The molecule has 0 unspecified atom stereocenters. The van der Waals surface area contributed by atoms with Crippen LogP contribution in [0.5, 0.6) is 0 Å².